The van der Waals surface area contributed by atoms with Crippen LogP contribution in [0.2, 0.25) is 0 Å². The Labute approximate surface area is 193 Å². The summed E-state index contributed by atoms with van der Waals surface area (Å²) < 4.78 is 15.0. The maximum atomic E-state index is 5.76. The Morgan fingerprint density at radius 3 is 2.76 bits per heavy atom. The molecule has 174 valence electrons. The molecule has 9 nitrogen and oxygen atoms in total. The quantitative estimate of drug-likeness (QED) is 0.437. The van der Waals surface area contributed by atoms with Crippen molar-refractivity contribution in [1.82, 2.24) is 29.1 Å². The number of rotatable bonds is 8. The van der Waals surface area contributed by atoms with E-state index in [9.17, 15) is 0 Å². The van der Waals surface area contributed by atoms with Crippen LogP contribution < -0.4 is 5.32 Å². The standard InChI is InChI=1S/C24H31N7O2/c1-4-33-18-7-5-17(6-8-18)27-24-25-15-22-19(11-12-31(22)29-24)20-9-10-21-23(28-20)30(13-14-32-3)16(2)26-21/h9-12,15,17-18H,4-8,13-14H2,1-3H3,(H,27,29)/t17-,18+. The van der Waals surface area contributed by atoms with Gasteiger partial charge in [-0.25, -0.2) is 19.5 Å². The topological polar surface area (TPSA) is 91.4 Å². The van der Waals surface area contributed by atoms with Gasteiger partial charge in [-0.2, -0.15) is 0 Å². The van der Waals surface area contributed by atoms with Crippen LogP contribution in [0.25, 0.3) is 27.9 Å². The van der Waals surface area contributed by atoms with E-state index in [-0.39, 0.29) is 0 Å². The minimum Gasteiger partial charge on any atom is -0.383 e. The van der Waals surface area contributed by atoms with Crippen LogP contribution in [0.5, 0.6) is 0 Å². The third-order valence-corrected chi connectivity index (χ3v) is 6.40. The molecule has 0 saturated heterocycles. The molecule has 33 heavy (non-hydrogen) atoms. The van der Waals surface area contributed by atoms with Gasteiger partial charge in [-0.3, -0.25) is 0 Å². The highest BCUT2D eigenvalue weighted by Gasteiger charge is 2.22. The van der Waals surface area contributed by atoms with Crippen LogP contribution in [0.4, 0.5) is 5.95 Å². The first-order valence-corrected chi connectivity index (χ1v) is 11.7. The number of aromatic nitrogens is 6. The lowest BCUT2D eigenvalue weighted by atomic mass is 9.93. The van der Waals surface area contributed by atoms with Crippen LogP contribution >= 0.6 is 0 Å². The Hall–Kier alpha value is -3.04. The molecule has 4 aromatic heterocycles. The van der Waals surface area contributed by atoms with Gasteiger partial charge in [0.1, 0.15) is 11.3 Å². The summed E-state index contributed by atoms with van der Waals surface area (Å²) in [6.45, 7) is 6.18. The molecule has 0 bridgehead atoms. The molecule has 1 aliphatic carbocycles. The summed E-state index contributed by atoms with van der Waals surface area (Å²) in [5.74, 6) is 1.59. The van der Waals surface area contributed by atoms with Gasteiger partial charge in [0.15, 0.2) is 5.65 Å². The molecular weight excluding hydrogens is 418 g/mol. The lowest BCUT2D eigenvalue weighted by molar-refractivity contribution is 0.0346. The molecule has 0 radical (unpaired) electrons. The summed E-state index contributed by atoms with van der Waals surface area (Å²) in [5, 5.41) is 8.20. The van der Waals surface area contributed by atoms with Crippen molar-refractivity contribution < 1.29 is 9.47 Å². The second-order valence-electron chi connectivity index (χ2n) is 8.56. The summed E-state index contributed by atoms with van der Waals surface area (Å²) in [6.07, 6.45) is 8.53. The van der Waals surface area contributed by atoms with E-state index in [0.717, 1.165) is 72.6 Å². The number of anilines is 1. The van der Waals surface area contributed by atoms with Gasteiger partial charge in [-0.1, -0.05) is 0 Å². The van der Waals surface area contributed by atoms with Crippen molar-refractivity contribution in [2.45, 2.75) is 58.2 Å². The fourth-order valence-corrected chi connectivity index (χ4v) is 4.69. The molecule has 0 aromatic carbocycles. The molecule has 1 N–H and O–H groups in total. The SMILES string of the molecule is CCO[C@H]1CC[C@@H](Nc2ncc3c(-c4ccc5nc(C)n(CCOC)c5n4)ccn3n2)CC1. The third-order valence-electron chi connectivity index (χ3n) is 6.40. The normalized spacial score (nSPS) is 18.9. The molecule has 5 rings (SSSR count). The van der Waals surface area contributed by atoms with E-state index in [4.69, 9.17) is 19.6 Å². The van der Waals surface area contributed by atoms with Gasteiger partial charge in [-0.05, 0) is 57.7 Å². The average Bonchev–Trinajstić information content (AvgIpc) is 3.38. The first kappa shape index (κ1) is 21.8. The molecule has 1 aliphatic rings. The molecule has 0 atom stereocenters. The fraction of sp³-hybridized carbons (Fsp3) is 0.500. The van der Waals surface area contributed by atoms with E-state index in [0.29, 0.717) is 24.7 Å². The van der Waals surface area contributed by atoms with Crippen LogP contribution in [0, 0.1) is 6.92 Å². The van der Waals surface area contributed by atoms with Gasteiger partial charge >= 0.3 is 0 Å². The number of hydrogen-bond donors (Lipinski definition) is 1. The van der Waals surface area contributed by atoms with Gasteiger partial charge in [-0.15, -0.1) is 5.10 Å². The maximum absolute atomic E-state index is 5.76. The number of nitrogens with one attached hydrogen (secondary N) is 1. The number of imidazole rings is 1. The molecular formula is C24H31N7O2. The van der Waals surface area contributed by atoms with Crippen LogP contribution in [-0.2, 0) is 16.0 Å². The van der Waals surface area contributed by atoms with Crippen LogP contribution in [-0.4, -0.2) is 61.6 Å². The molecule has 0 spiro atoms. The minimum atomic E-state index is 0.383. The van der Waals surface area contributed by atoms with E-state index in [1.54, 1.807) is 7.11 Å². The van der Waals surface area contributed by atoms with E-state index in [1.807, 2.05) is 42.0 Å². The van der Waals surface area contributed by atoms with E-state index < -0.39 is 0 Å². The van der Waals surface area contributed by atoms with Crippen molar-refractivity contribution in [3.05, 3.63) is 36.4 Å². The number of nitrogens with zero attached hydrogens (tertiary/aromatic N) is 6. The molecule has 0 amide bonds. The second kappa shape index (κ2) is 9.44. The zero-order valence-electron chi connectivity index (χ0n) is 19.5. The van der Waals surface area contributed by atoms with Gasteiger partial charge in [0.2, 0.25) is 5.95 Å². The predicted molar refractivity (Wildman–Crippen MR) is 127 cm³/mol. The van der Waals surface area contributed by atoms with Crippen LogP contribution in [0.15, 0.2) is 30.6 Å². The number of ether oxygens (including phenoxy) is 2. The van der Waals surface area contributed by atoms with Crippen molar-refractivity contribution in [2.24, 2.45) is 0 Å². The second-order valence-corrected chi connectivity index (χ2v) is 8.56. The number of aryl methyl sites for hydroxylation is 1. The van der Waals surface area contributed by atoms with Crippen molar-refractivity contribution in [3.8, 4) is 11.3 Å². The average molecular weight is 450 g/mol. The summed E-state index contributed by atoms with van der Waals surface area (Å²) in [6, 6.07) is 6.45. The molecule has 0 aliphatic heterocycles. The molecule has 0 unspecified atom stereocenters. The smallest absolute Gasteiger partial charge is 0.241 e. The Morgan fingerprint density at radius 2 is 1.97 bits per heavy atom. The lowest BCUT2D eigenvalue weighted by Gasteiger charge is -2.28. The molecule has 1 saturated carbocycles. The van der Waals surface area contributed by atoms with E-state index in [1.165, 1.54) is 0 Å². The van der Waals surface area contributed by atoms with Crippen molar-refractivity contribution in [1.29, 1.82) is 0 Å². The predicted octanol–water partition coefficient (Wildman–Crippen LogP) is 3.86. The maximum Gasteiger partial charge on any atom is 0.241 e. The zero-order valence-corrected chi connectivity index (χ0v) is 19.5. The molecule has 9 heteroatoms. The highest BCUT2D eigenvalue weighted by molar-refractivity contribution is 5.82. The van der Waals surface area contributed by atoms with Gasteiger partial charge in [0.05, 0.1) is 30.1 Å². The summed E-state index contributed by atoms with van der Waals surface area (Å²) in [4.78, 5) is 14.2. The van der Waals surface area contributed by atoms with Crippen molar-refractivity contribution >= 4 is 22.6 Å². The number of pyridine rings is 1. The fourth-order valence-electron chi connectivity index (χ4n) is 4.69. The molecule has 4 aromatic rings. The van der Waals surface area contributed by atoms with Crippen molar-refractivity contribution in [3.63, 3.8) is 0 Å². The first-order chi connectivity index (χ1) is 16.2. The molecule has 1 fully saturated rings. The molecule has 4 heterocycles. The highest BCUT2D eigenvalue weighted by Crippen LogP contribution is 2.27. The van der Waals surface area contributed by atoms with Gasteiger partial charge in [0, 0.05) is 38.1 Å². The third kappa shape index (κ3) is 4.43. The van der Waals surface area contributed by atoms with Crippen LogP contribution in [0.3, 0.4) is 0 Å². The Morgan fingerprint density at radius 1 is 1.12 bits per heavy atom. The lowest BCUT2D eigenvalue weighted by Crippen LogP contribution is -2.30. The van der Waals surface area contributed by atoms with E-state index >= 15 is 0 Å². The monoisotopic (exact) mass is 449 g/mol. The van der Waals surface area contributed by atoms with E-state index in [2.05, 4.69) is 26.8 Å². The zero-order chi connectivity index (χ0) is 22.8. The Kier molecular flexibility index (Phi) is 6.24. The Balaban J connectivity index is 1.37. The Bertz CT molecular complexity index is 1240. The van der Waals surface area contributed by atoms with Gasteiger partial charge < -0.3 is 19.4 Å². The van der Waals surface area contributed by atoms with Crippen molar-refractivity contribution in [2.75, 3.05) is 25.6 Å². The number of fused-ring (bicyclic) bond motifs is 2. The summed E-state index contributed by atoms with van der Waals surface area (Å²) in [5.41, 5.74) is 4.55. The minimum absolute atomic E-state index is 0.383. The van der Waals surface area contributed by atoms with Gasteiger partial charge in [0.25, 0.3) is 0 Å². The number of hydrogen-bond acceptors (Lipinski definition) is 7. The first-order valence-electron chi connectivity index (χ1n) is 11.7. The highest BCUT2D eigenvalue weighted by atomic mass is 16.5. The summed E-state index contributed by atoms with van der Waals surface area (Å²) in [7, 11) is 1.70. The largest absolute Gasteiger partial charge is 0.383 e. The van der Waals surface area contributed by atoms with Crippen LogP contribution in [0.1, 0.15) is 38.4 Å². The number of methoxy groups -OCH3 is 1. The summed E-state index contributed by atoms with van der Waals surface area (Å²) >= 11 is 0.